The summed E-state index contributed by atoms with van der Waals surface area (Å²) in [6.45, 7) is 1.97. The van der Waals surface area contributed by atoms with Crippen LogP contribution < -0.4 is 10.2 Å². The van der Waals surface area contributed by atoms with Crippen molar-refractivity contribution in [2.75, 3.05) is 10.2 Å². The molecule has 1 unspecified atom stereocenters. The summed E-state index contributed by atoms with van der Waals surface area (Å²) in [6, 6.07) is 12.7. The van der Waals surface area contributed by atoms with Gasteiger partial charge in [-0.1, -0.05) is 47.5 Å². The Labute approximate surface area is 150 Å². The zero-order valence-electron chi connectivity index (χ0n) is 13.1. The molecule has 1 aliphatic rings. The number of anilines is 2. The lowest BCUT2D eigenvalue weighted by atomic mass is 10.1. The molecule has 0 bridgehead atoms. The molecule has 2 aromatic carbocycles. The van der Waals surface area contributed by atoms with Crippen LogP contribution in [-0.4, -0.2) is 17.9 Å². The van der Waals surface area contributed by atoms with E-state index in [9.17, 15) is 9.59 Å². The number of nitrogens with one attached hydrogen (secondary N) is 1. The van der Waals surface area contributed by atoms with Gasteiger partial charge in [-0.3, -0.25) is 9.59 Å². The van der Waals surface area contributed by atoms with Crippen LogP contribution in [0.25, 0.3) is 0 Å². The van der Waals surface area contributed by atoms with Crippen molar-refractivity contribution in [2.45, 2.75) is 25.8 Å². The molecule has 0 aromatic heterocycles. The molecule has 1 atom stereocenters. The molecule has 1 aliphatic heterocycles. The summed E-state index contributed by atoms with van der Waals surface area (Å²) in [5.41, 5.74) is 2.32. The highest BCUT2D eigenvalue weighted by Gasteiger charge is 2.31. The molecule has 6 heteroatoms. The third-order valence-corrected chi connectivity index (χ3v) is 4.64. The summed E-state index contributed by atoms with van der Waals surface area (Å²) in [4.78, 5) is 26.5. The fraction of sp³-hybridized carbons (Fsp3) is 0.222. The van der Waals surface area contributed by atoms with Gasteiger partial charge >= 0.3 is 0 Å². The number of carbonyl (C=O) groups excluding carboxylic acids is 2. The van der Waals surface area contributed by atoms with E-state index in [1.807, 2.05) is 31.2 Å². The predicted octanol–water partition coefficient (Wildman–Crippen LogP) is 4.30. The minimum Gasteiger partial charge on any atom is -0.323 e. The number of hydrogen-bond donors (Lipinski definition) is 1. The lowest BCUT2D eigenvalue weighted by molar-refractivity contribution is -0.125. The first kappa shape index (κ1) is 16.8. The highest BCUT2D eigenvalue weighted by atomic mass is 35.5. The van der Waals surface area contributed by atoms with E-state index in [-0.39, 0.29) is 18.4 Å². The molecule has 3 rings (SSSR count). The van der Waals surface area contributed by atoms with Crippen LogP contribution in [0.4, 0.5) is 11.4 Å². The van der Waals surface area contributed by atoms with E-state index in [1.165, 1.54) is 0 Å². The van der Waals surface area contributed by atoms with Crippen molar-refractivity contribution in [3.8, 4) is 0 Å². The Hall–Kier alpha value is -2.04. The first-order valence-electron chi connectivity index (χ1n) is 7.61. The maximum Gasteiger partial charge on any atom is 0.236 e. The first-order valence-corrected chi connectivity index (χ1v) is 8.37. The van der Waals surface area contributed by atoms with Gasteiger partial charge in [0.05, 0.1) is 15.7 Å². The molecule has 4 nitrogen and oxygen atoms in total. The fourth-order valence-electron chi connectivity index (χ4n) is 2.97. The monoisotopic (exact) mass is 362 g/mol. The molecule has 24 heavy (non-hydrogen) atoms. The van der Waals surface area contributed by atoms with Crippen molar-refractivity contribution in [2.24, 2.45) is 0 Å². The number of benzene rings is 2. The molecule has 0 radical (unpaired) electrons. The lowest BCUT2D eigenvalue weighted by Crippen LogP contribution is -2.37. The summed E-state index contributed by atoms with van der Waals surface area (Å²) in [5.74, 6) is -0.681. The van der Waals surface area contributed by atoms with Crippen molar-refractivity contribution >= 4 is 46.4 Å². The largest absolute Gasteiger partial charge is 0.323 e. The van der Waals surface area contributed by atoms with Crippen LogP contribution in [0.3, 0.4) is 0 Å². The number of amides is 2. The number of halogens is 2. The quantitative estimate of drug-likeness (QED) is 0.827. The SMILES string of the molecule is CC1Cc2ccccc2N1C(=O)CC(=O)Nc1c(Cl)cccc1Cl. The second kappa shape index (κ2) is 6.83. The molecular weight excluding hydrogens is 347 g/mol. The number of nitrogens with zero attached hydrogens (tertiary/aromatic N) is 1. The molecule has 0 fully saturated rings. The molecule has 0 saturated carbocycles. The van der Waals surface area contributed by atoms with Crippen molar-refractivity contribution in [3.63, 3.8) is 0 Å². The van der Waals surface area contributed by atoms with Gasteiger partial charge in [0.25, 0.3) is 0 Å². The average Bonchev–Trinajstić information content (AvgIpc) is 2.86. The molecular formula is C18H16Cl2N2O2. The van der Waals surface area contributed by atoms with Crippen LogP contribution in [-0.2, 0) is 16.0 Å². The lowest BCUT2D eigenvalue weighted by Gasteiger charge is -2.22. The number of fused-ring (bicyclic) bond motifs is 1. The number of rotatable bonds is 3. The Bertz CT molecular complexity index is 787. The molecule has 2 aromatic rings. The maximum atomic E-state index is 12.6. The van der Waals surface area contributed by atoms with E-state index < -0.39 is 5.91 Å². The van der Waals surface area contributed by atoms with Crippen molar-refractivity contribution in [1.82, 2.24) is 0 Å². The van der Waals surface area contributed by atoms with Crippen molar-refractivity contribution in [1.29, 1.82) is 0 Å². The summed E-state index contributed by atoms with van der Waals surface area (Å²) in [5, 5.41) is 3.29. The number of carbonyl (C=O) groups is 2. The molecule has 0 saturated heterocycles. The van der Waals surface area contributed by atoms with Gasteiger partial charge in [-0.2, -0.15) is 0 Å². The molecule has 1 heterocycles. The molecule has 124 valence electrons. The Morgan fingerprint density at radius 2 is 1.79 bits per heavy atom. The Morgan fingerprint density at radius 1 is 1.12 bits per heavy atom. The zero-order valence-corrected chi connectivity index (χ0v) is 14.6. The van der Waals surface area contributed by atoms with Gasteiger partial charge < -0.3 is 10.2 Å². The zero-order chi connectivity index (χ0) is 17.3. The van der Waals surface area contributed by atoms with E-state index in [0.29, 0.717) is 15.7 Å². The van der Waals surface area contributed by atoms with Crippen LogP contribution in [0.1, 0.15) is 18.9 Å². The second-order valence-electron chi connectivity index (χ2n) is 5.77. The third-order valence-electron chi connectivity index (χ3n) is 4.01. The number of para-hydroxylation sites is 2. The molecule has 2 amide bonds. The summed E-state index contributed by atoms with van der Waals surface area (Å²) >= 11 is 12.1. The summed E-state index contributed by atoms with van der Waals surface area (Å²) < 4.78 is 0. The fourth-order valence-corrected chi connectivity index (χ4v) is 3.46. The van der Waals surface area contributed by atoms with E-state index in [4.69, 9.17) is 23.2 Å². The van der Waals surface area contributed by atoms with Crippen LogP contribution in [0.5, 0.6) is 0 Å². The van der Waals surface area contributed by atoms with Gasteiger partial charge in [0, 0.05) is 11.7 Å². The van der Waals surface area contributed by atoms with Crippen LogP contribution in [0.2, 0.25) is 10.0 Å². The third kappa shape index (κ3) is 3.25. The van der Waals surface area contributed by atoms with E-state index in [1.54, 1.807) is 23.1 Å². The highest BCUT2D eigenvalue weighted by molar-refractivity contribution is 6.39. The van der Waals surface area contributed by atoms with Crippen LogP contribution >= 0.6 is 23.2 Å². The number of hydrogen-bond acceptors (Lipinski definition) is 2. The van der Waals surface area contributed by atoms with Crippen molar-refractivity contribution < 1.29 is 9.59 Å². The standard InChI is InChI=1S/C18H16Cl2N2O2/c1-11-9-12-5-2-3-8-15(12)22(11)17(24)10-16(23)21-18-13(19)6-4-7-14(18)20/h2-8,11H,9-10H2,1H3,(H,21,23). The Kier molecular flexibility index (Phi) is 4.78. The predicted molar refractivity (Wildman–Crippen MR) is 96.8 cm³/mol. The van der Waals surface area contributed by atoms with Crippen LogP contribution in [0.15, 0.2) is 42.5 Å². The normalized spacial score (nSPS) is 16.0. The minimum atomic E-state index is -0.438. The van der Waals surface area contributed by atoms with Crippen LogP contribution in [0, 0.1) is 0 Å². The average molecular weight is 363 g/mol. The van der Waals surface area contributed by atoms with Crippen molar-refractivity contribution in [3.05, 3.63) is 58.1 Å². The van der Waals surface area contributed by atoms with Gasteiger partial charge in [-0.15, -0.1) is 0 Å². The molecule has 0 spiro atoms. The molecule has 1 N–H and O–H groups in total. The van der Waals surface area contributed by atoms with Gasteiger partial charge in [0.2, 0.25) is 11.8 Å². The smallest absolute Gasteiger partial charge is 0.236 e. The first-order chi connectivity index (χ1) is 11.5. The van der Waals surface area contributed by atoms with Gasteiger partial charge in [0.15, 0.2) is 0 Å². The van der Waals surface area contributed by atoms with E-state index >= 15 is 0 Å². The summed E-state index contributed by atoms with van der Waals surface area (Å²) in [6.07, 6.45) is 0.528. The maximum absolute atomic E-state index is 12.6. The highest BCUT2D eigenvalue weighted by Crippen LogP contribution is 2.33. The Morgan fingerprint density at radius 3 is 2.50 bits per heavy atom. The second-order valence-corrected chi connectivity index (χ2v) is 6.58. The summed E-state index contributed by atoms with van der Waals surface area (Å²) in [7, 11) is 0. The van der Waals surface area contributed by atoms with E-state index in [0.717, 1.165) is 17.7 Å². The Balaban J connectivity index is 1.72. The van der Waals surface area contributed by atoms with Gasteiger partial charge in [0.1, 0.15) is 6.42 Å². The minimum absolute atomic E-state index is 0.0339. The molecule has 0 aliphatic carbocycles. The van der Waals surface area contributed by atoms with Gasteiger partial charge in [-0.05, 0) is 37.1 Å². The van der Waals surface area contributed by atoms with Gasteiger partial charge in [-0.25, -0.2) is 0 Å². The van der Waals surface area contributed by atoms with E-state index in [2.05, 4.69) is 5.32 Å². The topological polar surface area (TPSA) is 49.4 Å².